The van der Waals surface area contributed by atoms with Crippen molar-refractivity contribution in [3.8, 4) is 0 Å². The molecule has 0 bridgehead atoms. The van der Waals surface area contributed by atoms with E-state index in [4.69, 9.17) is 9.47 Å². The Balaban J connectivity index is 1.93. The fraction of sp³-hybridized carbons (Fsp3) is 0.923. The van der Waals surface area contributed by atoms with Gasteiger partial charge in [-0.25, -0.2) is 0 Å². The van der Waals surface area contributed by atoms with E-state index in [1.807, 2.05) is 0 Å². The first kappa shape index (κ1) is 14.5. The van der Waals surface area contributed by atoms with Crippen molar-refractivity contribution >= 4 is 5.97 Å². The third-order valence-electron chi connectivity index (χ3n) is 3.05. The second-order valence-corrected chi connectivity index (χ2v) is 4.58. The lowest BCUT2D eigenvalue weighted by molar-refractivity contribution is -0.146. The van der Waals surface area contributed by atoms with Crippen LogP contribution in [0.25, 0.3) is 0 Å². The number of hydrogen-bond acceptors (Lipinski definition) is 4. The molecule has 0 unspecified atom stereocenters. The molecule has 0 saturated carbocycles. The molecule has 0 amide bonds. The third-order valence-corrected chi connectivity index (χ3v) is 3.05. The Kier molecular flexibility index (Phi) is 8.01. The van der Waals surface area contributed by atoms with E-state index in [2.05, 4.69) is 12.2 Å². The first-order chi connectivity index (χ1) is 8.33. The Morgan fingerprint density at radius 1 is 1.24 bits per heavy atom. The SMILES string of the molecule is CCCCOCCOC(=O)CC1CCNCC1. The van der Waals surface area contributed by atoms with E-state index < -0.39 is 0 Å². The van der Waals surface area contributed by atoms with Gasteiger partial charge < -0.3 is 14.8 Å². The maximum atomic E-state index is 11.5. The number of carbonyl (C=O) groups is 1. The summed E-state index contributed by atoms with van der Waals surface area (Å²) in [6, 6.07) is 0. The monoisotopic (exact) mass is 243 g/mol. The Morgan fingerprint density at radius 3 is 2.71 bits per heavy atom. The predicted octanol–water partition coefficient (Wildman–Crippen LogP) is 1.74. The first-order valence-electron chi connectivity index (χ1n) is 6.77. The zero-order valence-electron chi connectivity index (χ0n) is 10.9. The molecule has 0 aliphatic carbocycles. The molecule has 4 nitrogen and oxygen atoms in total. The smallest absolute Gasteiger partial charge is 0.306 e. The molecular formula is C13H25NO3. The van der Waals surface area contributed by atoms with Crippen LogP contribution in [0.3, 0.4) is 0 Å². The number of rotatable bonds is 8. The summed E-state index contributed by atoms with van der Waals surface area (Å²) in [5, 5.41) is 3.29. The van der Waals surface area contributed by atoms with E-state index in [1.165, 1.54) is 0 Å². The van der Waals surface area contributed by atoms with Crippen molar-refractivity contribution in [1.82, 2.24) is 5.32 Å². The van der Waals surface area contributed by atoms with Gasteiger partial charge in [-0.3, -0.25) is 4.79 Å². The zero-order chi connectivity index (χ0) is 12.3. The van der Waals surface area contributed by atoms with Crippen LogP contribution in [0.5, 0.6) is 0 Å². The minimum absolute atomic E-state index is 0.0732. The van der Waals surface area contributed by atoms with Crippen molar-refractivity contribution in [3.05, 3.63) is 0 Å². The van der Waals surface area contributed by atoms with E-state index in [-0.39, 0.29) is 5.97 Å². The van der Waals surface area contributed by atoms with Crippen LogP contribution < -0.4 is 5.32 Å². The van der Waals surface area contributed by atoms with Crippen LogP contribution in [-0.2, 0) is 14.3 Å². The fourth-order valence-electron chi connectivity index (χ4n) is 1.94. The molecule has 17 heavy (non-hydrogen) atoms. The van der Waals surface area contributed by atoms with Crippen molar-refractivity contribution in [2.24, 2.45) is 5.92 Å². The summed E-state index contributed by atoms with van der Waals surface area (Å²) >= 11 is 0. The summed E-state index contributed by atoms with van der Waals surface area (Å²) in [5.74, 6) is 0.431. The molecule has 100 valence electrons. The van der Waals surface area contributed by atoms with E-state index in [0.29, 0.717) is 25.6 Å². The van der Waals surface area contributed by atoms with Crippen LogP contribution in [-0.4, -0.2) is 38.9 Å². The molecule has 1 saturated heterocycles. The summed E-state index contributed by atoms with van der Waals surface area (Å²) in [6.07, 6.45) is 4.94. The van der Waals surface area contributed by atoms with E-state index in [1.54, 1.807) is 0 Å². The zero-order valence-corrected chi connectivity index (χ0v) is 10.9. The van der Waals surface area contributed by atoms with Gasteiger partial charge in [0.05, 0.1) is 6.61 Å². The van der Waals surface area contributed by atoms with Crippen molar-refractivity contribution in [2.75, 3.05) is 32.9 Å². The lowest BCUT2D eigenvalue weighted by Crippen LogP contribution is -2.29. The van der Waals surface area contributed by atoms with Gasteiger partial charge in [0.1, 0.15) is 6.61 Å². The highest BCUT2D eigenvalue weighted by molar-refractivity contribution is 5.69. The Labute approximate surface area is 104 Å². The molecule has 1 fully saturated rings. The lowest BCUT2D eigenvalue weighted by atomic mass is 9.95. The third kappa shape index (κ3) is 7.34. The van der Waals surface area contributed by atoms with Gasteiger partial charge in [0, 0.05) is 13.0 Å². The van der Waals surface area contributed by atoms with Crippen LogP contribution >= 0.6 is 0 Å². The van der Waals surface area contributed by atoms with Gasteiger partial charge >= 0.3 is 5.97 Å². The number of nitrogens with one attached hydrogen (secondary N) is 1. The lowest BCUT2D eigenvalue weighted by Gasteiger charge is -2.21. The van der Waals surface area contributed by atoms with Gasteiger partial charge in [0.2, 0.25) is 0 Å². The summed E-state index contributed by atoms with van der Waals surface area (Å²) in [5.41, 5.74) is 0. The number of ether oxygens (including phenoxy) is 2. The van der Waals surface area contributed by atoms with Crippen molar-refractivity contribution in [1.29, 1.82) is 0 Å². The van der Waals surface area contributed by atoms with Crippen molar-refractivity contribution in [2.45, 2.75) is 39.0 Å². The Hall–Kier alpha value is -0.610. The van der Waals surface area contributed by atoms with Gasteiger partial charge in [-0.1, -0.05) is 13.3 Å². The molecule has 0 aromatic heterocycles. The Morgan fingerprint density at radius 2 is 2.00 bits per heavy atom. The molecule has 4 heteroatoms. The molecule has 1 aliphatic rings. The summed E-state index contributed by atoms with van der Waals surface area (Å²) < 4.78 is 10.5. The Bertz CT molecular complexity index is 203. The molecule has 1 aliphatic heterocycles. The number of hydrogen-bond donors (Lipinski definition) is 1. The van der Waals surface area contributed by atoms with E-state index in [0.717, 1.165) is 45.4 Å². The number of esters is 1. The molecule has 0 aromatic rings. The predicted molar refractivity (Wildman–Crippen MR) is 66.9 cm³/mol. The van der Waals surface area contributed by atoms with Gasteiger partial charge in [-0.05, 0) is 38.3 Å². The average molecular weight is 243 g/mol. The maximum absolute atomic E-state index is 11.5. The highest BCUT2D eigenvalue weighted by atomic mass is 16.6. The van der Waals surface area contributed by atoms with Crippen LogP contribution in [0.4, 0.5) is 0 Å². The van der Waals surface area contributed by atoms with Crippen molar-refractivity contribution < 1.29 is 14.3 Å². The molecule has 0 atom stereocenters. The number of unbranched alkanes of at least 4 members (excludes halogenated alkanes) is 1. The van der Waals surface area contributed by atoms with Gasteiger partial charge in [-0.15, -0.1) is 0 Å². The van der Waals surface area contributed by atoms with Crippen molar-refractivity contribution in [3.63, 3.8) is 0 Å². The second-order valence-electron chi connectivity index (χ2n) is 4.58. The van der Waals surface area contributed by atoms with Crippen LogP contribution in [0, 0.1) is 5.92 Å². The fourth-order valence-corrected chi connectivity index (χ4v) is 1.94. The highest BCUT2D eigenvalue weighted by Crippen LogP contribution is 2.16. The summed E-state index contributed by atoms with van der Waals surface area (Å²) in [6.45, 7) is 5.87. The topological polar surface area (TPSA) is 47.6 Å². The number of carbonyl (C=O) groups excluding carboxylic acids is 1. The summed E-state index contributed by atoms with van der Waals surface area (Å²) in [7, 11) is 0. The molecule has 0 radical (unpaired) electrons. The molecule has 1 N–H and O–H groups in total. The minimum atomic E-state index is -0.0732. The largest absolute Gasteiger partial charge is 0.463 e. The standard InChI is InChI=1S/C13H25NO3/c1-2-3-8-16-9-10-17-13(15)11-12-4-6-14-7-5-12/h12,14H,2-11H2,1H3. The minimum Gasteiger partial charge on any atom is -0.463 e. The quantitative estimate of drug-likeness (QED) is 0.521. The molecule has 1 rings (SSSR count). The molecule has 1 heterocycles. The maximum Gasteiger partial charge on any atom is 0.306 e. The van der Waals surface area contributed by atoms with Gasteiger partial charge in [-0.2, -0.15) is 0 Å². The van der Waals surface area contributed by atoms with Gasteiger partial charge in [0.25, 0.3) is 0 Å². The number of piperidine rings is 1. The van der Waals surface area contributed by atoms with E-state index in [9.17, 15) is 4.79 Å². The molecule has 0 spiro atoms. The van der Waals surface area contributed by atoms with Gasteiger partial charge in [0.15, 0.2) is 0 Å². The summed E-state index contributed by atoms with van der Waals surface area (Å²) in [4.78, 5) is 11.5. The second kappa shape index (κ2) is 9.42. The van der Waals surface area contributed by atoms with Crippen LogP contribution in [0.2, 0.25) is 0 Å². The first-order valence-corrected chi connectivity index (χ1v) is 6.77. The highest BCUT2D eigenvalue weighted by Gasteiger charge is 2.17. The van der Waals surface area contributed by atoms with Crippen LogP contribution in [0.15, 0.2) is 0 Å². The molecule has 0 aromatic carbocycles. The van der Waals surface area contributed by atoms with E-state index >= 15 is 0 Å². The van der Waals surface area contributed by atoms with Crippen LogP contribution in [0.1, 0.15) is 39.0 Å². The molecular weight excluding hydrogens is 218 g/mol. The average Bonchev–Trinajstić information content (AvgIpc) is 2.35. The normalized spacial score (nSPS) is 17.0.